The molecule has 0 saturated heterocycles. The monoisotopic (exact) mass is 333 g/mol. The summed E-state index contributed by atoms with van der Waals surface area (Å²) in [5.41, 5.74) is 4.01. The molecule has 4 rings (SSSR count). The molecule has 0 spiro atoms. The molecule has 8 nitrogen and oxygen atoms in total. The Labute approximate surface area is 142 Å². The Bertz CT molecular complexity index is 1130. The first-order valence-corrected chi connectivity index (χ1v) is 7.71. The van der Waals surface area contributed by atoms with Crippen molar-refractivity contribution in [3.05, 3.63) is 52.4 Å². The van der Waals surface area contributed by atoms with E-state index < -0.39 is 0 Å². The zero-order valence-corrected chi connectivity index (χ0v) is 13.7. The average molecular weight is 333 g/mol. The standard InChI is InChI=1S/C17H15N7O/c1-9-3-4-11-13(7-9)21-15(20-11)10-8-14(23-24-16(10)25)12-5-6-19-17(18-2)22-12/h3-8H,1-2H3,(H,20,21)(H,24,25)(H,18,19,22). The summed E-state index contributed by atoms with van der Waals surface area (Å²) in [6.45, 7) is 2.00. The fourth-order valence-electron chi connectivity index (χ4n) is 2.58. The Morgan fingerprint density at radius 2 is 1.96 bits per heavy atom. The minimum atomic E-state index is -0.317. The van der Waals surface area contributed by atoms with Crippen LogP contribution in [-0.2, 0) is 0 Å². The van der Waals surface area contributed by atoms with Crippen LogP contribution in [0, 0.1) is 6.92 Å². The Kier molecular flexibility index (Phi) is 3.50. The molecule has 0 atom stereocenters. The van der Waals surface area contributed by atoms with Crippen LogP contribution in [0.25, 0.3) is 33.8 Å². The van der Waals surface area contributed by atoms with Crippen LogP contribution in [0.3, 0.4) is 0 Å². The molecule has 1 aromatic carbocycles. The molecule has 3 aromatic heterocycles. The maximum absolute atomic E-state index is 12.2. The van der Waals surface area contributed by atoms with E-state index in [-0.39, 0.29) is 5.56 Å². The first-order chi connectivity index (χ1) is 12.1. The van der Waals surface area contributed by atoms with Crippen LogP contribution >= 0.6 is 0 Å². The quantitative estimate of drug-likeness (QED) is 0.529. The van der Waals surface area contributed by atoms with Gasteiger partial charge in [0, 0.05) is 13.2 Å². The second kappa shape index (κ2) is 5.82. The molecular formula is C17H15N7O. The maximum atomic E-state index is 12.2. The maximum Gasteiger partial charge on any atom is 0.275 e. The molecule has 0 aliphatic rings. The van der Waals surface area contributed by atoms with E-state index >= 15 is 0 Å². The molecule has 4 aromatic rings. The van der Waals surface area contributed by atoms with Gasteiger partial charge < -0.3 is 10.3 Å². The first kappa shape index (κ1) is 15.0. The van der Waals surface area contributed by atoms with Crippen molar-refractivity contribution in [2.75, 3.05) is 12.4 Å². The summed E-state index contributed by atoms with van der Waals surface area (Å²) < 4.78 is 0. The van der Waals surface area contributed by atoms with Gasteiger partial charge in [-0.25, -0.2) is 20.1 Å². The summed E-state index contributed by atoms with van der Waals surface area (Å²) >= 11 is 0. The SMILES string of the molecule is CNc1nccc(-c2cc(-c3nc4cc(C)ccc4[nH]3)c(=O)[nH]n2)n1. The second-order valence-electron chi connectivity index (χ2n) is 5.62. The van der Waals surface area contributed by atoms with Crippen LogP contribution in [0.4, 0.5) is 5.95 Å². The molecule has 0 aliphatic carbocycles. The predicted molar refractivity (Wildman–Crippen MR) is 95.3 cm³/mol. The van der Waals surface area contributed by atoms with Gasteiger partial charge in [0.25, 0.3) is 5.56 Å². The number of benzene rings is 1. The number of anilines is 1. The molecule has 0 amide bonds. The summed E-state index contributed by atoms with van der Waals surface area (Å²) in [7, 11) is 1.74. The van der Waals surface area contributed by atoms with Crippen molar-refractivity contribution >= 4 is 17.0 Å². The third-order valence-corrected chi connectivity index (χ3v) is 3.84. The third kappa shape index (κ3) is 2.74. The number of hydrogen-bond acceptors (Lipinski definition) is 6. The van der Waals surface area contributed by atoms with E-state index in [1.807, 2.05) is 25.1 Å². The minimum absolute atomic E-state index is 0.317. The lowest BCUT2D eigenvalue weighted by molar-refractivity contribution is 0.984. The highest BCUT2D eigenvalue weighted by atomic mass is 16.1. The fraction of sp³-hybridized carbons (Fsp3) is 0.118. The first-order valence-electron chi connectivity index (χ1n) is 7.71. The lowest BCUT2D eigenvalue weighted by Crippen LogP contribution is -2.12. The molecular weight excluding hydrogens is 318 g/mol. The number of nitrogens with zero attached hydrogens (tertiary/aromatic N) is 4. The molecule has 8 heteroatoms. The Hall–Kier alpha value is -3.55. The summed E-state index contributed by atoms with van der Waals surface area (Å²) in [6.07, 6.45) is 1.63. The van der Waals surface area contributed by atoms with Crippen molar-refractivity contribution in [3.8, 4) is 22.8 Å². The lowest BCUT2D eigenvalue weighted by atomic mass is 10.2. The van der Waals surface area contributed by atoms with Crippen molar-refractivity contribution in [1.82, 2.24) is 30.1 Å². The molecule has 124 valence electrons. The van der Waals surface area contributed by atoms with E-state index in [4.69, 9.17) is 0 Å². The van der Waals surface area contributed by atoms with E-state index in [0.717, 1.165) is 16.6 Å². The van der Waals surface area contributed by atoms with Crippen LogP contribution < -0.4 is 10.9 Å². The normalized spacial score (nSPS) is 11.0. The van der Waals surface area contributed by atoms with Gasteiger partial charge in [-0.3, -0.25) is 4.79 Å². The number of hydrogen-bond donors (Lipinski definition) is 3. The number of fused-ring (bicyclic) bond motifs is 1. The zero-order chi connectivity index (χ0) is 17.4. The van der Waals surface area contributed by atoms with Crippen LogP contribution in [0.15, 0.2) is 41.3 Å². The Balaban J connectivity index is 1.85. The zero-order valence-electron chi connectivity index (χ0n) is 13.7. The molecule has 0 unspecified atom stereocenters. The highest BCUT2D eigenvalue weighted by molar-refractivity contribution is 5.80. The van der Waals surface area contributed by atoms with Crippen molar-refractivity contribution in [3.63, 3.8) is 0 Å². The number of aromatic amines is 2. The largest absolute Gasteiger partial charge is 0.357 e. The topological polar surface area (TPSA) is 112 Å². The van der Waals surface area contributed by atoms with Crippen LogP contribution in [0.5, 0.6) is 0 Å². The van der Waals surface area contributed by atoms with Gasteiger partial charge in [0.2, 0.25) is 5.95 Å². The van der Waals surface area contributed by atoms with Gasteiger partial charge in [-0.05, 0) is 36.8 Å². The Morgan fingerprint density at radius 3 is 2.80 bits per heavy atom. The molecule has 3 N–H and O–H groups in total. The highest BCUT2D eigenvalue weighted by Gasteiger charge is 2.13. The van der Waals surface area contributed by atoms with Crippen molar-refractivity contribution in [1.29, 1.82) is 0 Å². The number of imidazole rings is 1. The molecule has 0 bridgehead atoms. The summed E-state index contributed by atoms with van der Waals surface area (Å²) in [5.74, 6) is 0.972. The van der Waals surface area contributed by atoms with E-state index in [2.05, 4.69) is 35.5 Å². The van der Waals surface area contributed by atoms with E-state index in [0.29, 0.717) is 28.7 Å². The van der Waals surface area contributed by atoms with Gasteiger partial charge in [0.15, 0.2) is 0 Å². The summed E-state index contributed by atoms with van der Waals surface area (Å²) in [4.78, 5) is 28.4. The molecule has 25 heavy (non-hydrogen) atoms. The Morgan fingerprint density at radius 1 is 1.08 bits per heavy atom. The third-order valence-electron chi connectivity index (χ3n) is 3.84. The molecule has 0 aliphatic heterocycles. The van der Waals surface area contributed by atoms with Gasteiger partial charge in [-0.1, -0.05) is 6.07 Å². The van der Waals surface area contributed by atoms with Crippen LogP contribution in [0.2, 0.25) is 0 Å². The van der Waals surface area contributed by atoms with Gasteiger partial charge in [-0.2, -0.15) is 5.10 Å². The van der Waals surface area contributed by atoms with E-state index in [1.54, 1.807) is 25.4 Å². The summed E-state index contributed by atoms with van der Waals surface area (Å²) in [5, 5.41) is 9.47. The van der Waals surface area contributed by atoms with Gasteiger partial charge >= 0.3 is 0 Å². The van der Waals surface area contributed by atoms with Gasteiger partial charge in [-0.15, -0.1) is 0 Å². The number of aryl methyl sites for hydroxylation is 1. The van der Waals surface area contributed by atoms with Gasteiger partial charge in [0.1, 0.15) is 11.5 Å². The number of H-pyrrole nitrogens is 2. The lowest BCUT2D eigenvalue weighted by Gasteiger charge is -2.03. The van der Waals surface area contributed by atoms with Crippen LogP contribution in [0.1, 0.15) is 5.56 Å². The van der Waals surface area contributed by atoms with Crippen molar-refractivity contribution < 1.29 is 0 Å². The number of aromatic nitrogens is 6. The second-order valence-corrected chi connectivity index (χ2v) is 5.62. The van der Waals surface area contributed by atoms with Gasteiger partial charge in [0.05, 0.1) is 22.3 Å². The molecule has 0 fully saturated rings. The number of nitrogens with one attached hydrogen (secondary N) is 3. The van der Waals surface area contributed by atoms with E-state index in [9.17, 15) is 4.79 Å². The smallest absolute Gasteiger partial charge is 0.275 e. The molecule has 0 saturated carbocycles. The number of rotatable bonds is 3. The summed E-state index contributed by atoms with van der Waals surface area (Å²) in [6, 6.07) is 9.31. The highest BCUT2D eigenvalue weighted by Crippen LogP contribution is 2.22. The average Bonchev–Trinajstić information content (AvgIpc) is 3.05. The molecule has 0 radical (unpaired) electrons. The minimum Gasteiger partial charge on any atom is -0.357 e. The molecule has 3 heterocycles. The van der Waals surface area contributed by atoms with Crippen molar-refractivity contribution in [2.45, 2.75) is 6.92 Å². The van der Waals surface area contributed by atoms with Crippen LogP contribution in [-0.4, -0.2) is 37.2 Å². The predicted octanol–water partition coefficient (Wildman–Crippen LogP) is 2.12. The van der Waals surface area contributed by atoms with E-state index in [1.165, 1.54) is 0 Å². The fourth-order valence-corrected chi connectivity index (χ4v) is 2.58. The van der Waals surface area contributed by atoms with Crippen molar-refractivity contribution in [2.24, 2.45) is 0 Å².